The zero-order valence-corrected chi connectivity index (χ0v) is 23.9. The molecule has 1 rings (SSSR count). The summed E-state index contributed by atoms with van der Waals surface area (Å²) in [4.78, 5) is 23.6. The lowest BCUT2D eigenvalue weighted by atomic mass is 10.1. The molecule has 1 N–H and O–H groups in total. The fourth-order valence-electron chi connectivity index (χ4n) is 2.89. The molecule has 0 aliphatic rings. The van der Waals surface area contributed by atoms with E-state index in [0.717, 1.165) is 0 Å². The van der Waals surface area contributed by atoms with E-state index >= 15 is 0 Å². The van der Waals surface area contributed by atoms with Gasteiger partial charge in [0.05, 0.1) is 126 Å². The lowest BCUT2D eigenvalue weighted by Gasteiger charge is -2.09. The summed E-state index contributed by atoms with van der Waals surface area (Å²) in [6.45, 7) is 7.84. The fraction of sp³-hybridized carbons (Fsp3) is 0.714. The molecule has 13 nitrogen and oxygen atoms in total. The molecule has 1 aromatic rings. The topological polar surface area (TPSA) is 147 Å². The first-order valence-electron chi connectivity index (χ1n) is 13.8. The molecular weight excluding hydrogens is 544 g/mol. The zero-order valence-electron chi connectivity index (χ0n) is 23.9. The van der Waals surface area contributed by atoms with Gasteiger partial charge in [0.15, 0.2) is 0 Å². The quantitative estimate of drug-likeness (QED) is 0.0556. The minimum absolute atomic E-state index is 0.00252. The summed E-state index contributed by atoms with van der Waals surface area (Å²) in [5.74, 6) is -1.57. The van der Waals surface area contributed by atoms with Crippen LogP contribution < -0.4 is 0 Å². The number of ether oxygens (including phenoxy) is 10. The van der Waals surface area contributed by atoms with Crippen LogP contribution in [0.3, 0.4) is 0 Å². The zero-order chi connectivity index (χ0) is 29.5. The second-order valence-corrected chi connectivity index (χ2v) is 8.07. The third-order valence-corrected chi connectivity index (χ3v) is 4.89. The maximum Gasteiger partial charge on any atom is 0.379 e. The van der Waals surface area contributed by atoms with Crippen molar-refractivity contribution in [1.82, 2.24) is 0 Å². The van der Waals surface area contributed by atoms with E-state index < -0.39 is 11.8 Å². The van der Waals surface area contributed by atoms with Gasteiger partial charge >= 0.3 is 5.97 Å². The Morgan fingerprint density at radius 1 is 0.439 bits per heavy atom. The summed E-state index contributed by atoms with van der Waals surface area (Å²) in [5.41, 5.74) is 0.295. The number of carbonyl (C=O) groups is 2. The molecule has 0 heterocycles. The second kappa shape index (κ2) is 29.5. The second-order valence-electron chi connectivity index (χ2n) is 8.07. The molecule has 0 radical (unpaired) electrons. The van der Waals surface area contributed by atoms with Crippen LogP contribution in [-0.2, 0) is 52.2 Å². The first-order valence-corrected chi connectivity index (χ1v) is 13.8. The molecule has 0 spiro atoms. The van der Waals surface area contributed by atoms with Crippen molar-refractivity contribution >= 4 is 11.8 Å². The number of aliphatic hydroxyl groups is 1. The predicted molar refractivity (Wildman–Crippen MR) is 146 cm³/mol. The molecule has 0 amide bonds. The van der Waals surface area contributed by atoms with Crippen LogP contribution in [0.5, 0.6) is 0 Å². The van der Waals surface area contributed by atoms with Crippen LogP contribution in [0.15, 0.2) is 30.3 Å². The Hall–Kier alpha value is -2.04. The minimum atomic E-state index is -0.898. The van der Waals surface area contributed by atoms with Crippen molar-refractivity contribution in [2.45, 2.75) is 0 Å². The van der Waals surface area contributed by atoms with Crippen LogP contribution in [0.4, 0.5) is 0 Å². The van der Waals surface area contributed by atoms with E-state index in [2.05, 4.69) is 0 Å². The van der Waals surface area contributed by atoms with Crippen molar-refractivity contribution in [3.05, 3.63) is 35.9 Å². The average Bonchev–Trinajstić information content (AvgIpc) is 3.00. The first kappa shape index (κ1) is 37.0. The molecule has 0 bridgehead atoms. The molecule has 0 saturated carbocycles. The summed E-state index contributed by atoms with van der Waals surface area (Å²) in [5, 5.41) is 8.56. The Balaban J connectivity index is 1.69. The Labute approximate surface area is 242 Å². The minimum Gasteiger partial charge on any atom is -0.457 e. The lowest BCUT2D eigenvalue weighted by molar-refractivity contribution is -0.139. The van der Waals surface area contributed by atoms with E-state index in [9.17, 15) is 9.59 Å². The lowest BCUT2D eigenvalue weighted by Crippen LogP contribution is -2.20. The van der Waals surface area contributed by atoms with Crippen LogP contribution in [-0.4, -0.2) is 149 Å². The van der Waals surface area contributed by atoms with Gasteiger partial charge in [0.2, 0.25) is 0 Å². The number of carbonyl (C=O) groups excluding carboxylic acids is 2. The van der Waals surface area contributed by atoms with Crippen molar-refractivity contribution in [2.75, 3.05) is 132 Å². The number of esters is 1. The maximum atomic E-state index is 11.9. The summed E-state index contributed by atoms with van der Waals surface area (Å²) in [6, 6.07) is 8.25. The van der Waals surface area contributed by atoms with E-state index in [1.165, 1.54) is 0 Å². The highest BCUT2D eigenvalue weighted by molar-refractivity contribution is 6.40. The number of hydrogen-bond acceptors (Lipinski definition) is 13. The molecule has 0 unspecified atom stereocenters. The standard InChI is InChI=1S/C28H46O13/c29-6-7-32-8-9-33-10-11-34-12-13-35-14-15-36-16-17-37-18-19-38-20-21-39-22-23-40-24-25-41-28(31)27(30)26-4-2-1-3-5-26/h1-5,29H,6-25H2. The third-order valence-electron chi connectivity index (χ3n) is 4.89. The van der Waals surface area contributed by atoms with Crippen LogP contribution in [0.2, 0.25) is 0 Å². The smallest absolute Gasteiger partial charge is 0.379 e. The van der Waals surface area contributed by atoms with Crippen molar-refractivity contribution in [3.8, 4) is 0 Å². The molecule has 1 aromatic carbocycles. The van der Waals surface area contributed by atoms with Gasteiger partial charge in [-0.25, -0.2) is 4.79 Å². The van der Waals surface area contributed by atoms with Gasteiger partial charge in [0.1, 0.15) is 6.61 Å². The van der Waals surface area contributed by atoms with Crippen LogP contribution in [0.1, 0.15) is 10.4 Å². The monoisotopic (exact) mass is 590 g/mol. The van der Waals surface area contributed by atoms with E-state index in [1.54, 1.807) is 30.3 Å². The summed E-state index contributed by atoms with van der Waals surface area (Å²) in [6.07, 6.45) is 0. The molecule has 0 saturated heterocycles. The highest BCUT2D eigenvalue weighted by Crippen LogP contribution is 2.01. The molecule has 0 fully saturated rings. The van der Waals surface area contributed by atoms with Gasteiger partial charge in [-0.2, -0.15) is 0 Å². The molecule has 13 heteroatoms. The molecule has 41 heavy (non-hydrogen) atoms. The molecule has 0 aliphatic carbocycles. The molecule has 236 valence electrons. The number of aliphatic hydroxyl groups excluding tert-OH is 1. The van der Waals surface area contributed by atoms with E-state index in [1.807, 2.05) is 0 Å². The van der Waals surface area contributed by atoms with Gasteiger partial charge < -0.3 is 52.5 Å². The highest BCUT2D eigenvalue weighted by Gasteiger charge is 2.17. The molecule has 0 atom stereocenters. The van der Waals surface area contributed by atoms with Crippen LogP contribution in [0, 0.1) is 0 Å². The SMILES string of the molecule is O=C(OCCOCCOCCOCCOCCOCCOCCOCCOCCOCCO)C(=O)c1ccccc1. The largest absolute Gasteiger partial charge is 0.457 e. The Morgan fingerprint density at radius 3 is 1.05 bits per heavy atom. The first-order chi connectivity index (χ1) is 20.3. The fourth-order valence-corrected chi connectivity index (χ4v) is 2.89. The van der Waals surface area contributed by atoms with Gasteiger partial charge in [-0.1, -0.05) is 30.3 Å². The van der Waals surface area contributed by atoms with Gasteiger partial charge in [0.25, 0.3) is 5.78 Å². The number of Topliss-reactive ketones (excluding diaryl/α,β-unsaturated/α-hetero) is 1. The van der Waals surface area contributed by atoms with E-state index in [4.69, 9.17) is 52.5 Å². The van der Waals surface area contributed by atoms with Gasteiger partial charge in [-0.15, -0.1) is 0 Å². The van der Waals surface area contributed by atoms with Crippen molar-refractivity contribution in [2.24, 2.45) is 0 Å². The summed E-state index contributed by atoms with van der Waals surface area (Å²) < 4.78 is 53.1. The van der Waals surface area contributed by atoms with E-state index in [-0.39, 0.29) is 19.8 Å². The highest BCUT2D eigenvalue weighted by atomic mass is 16.6. The maximum absolute atomic E-state index is 11.9. The normalized spacial score (nSPS) is 11.1. The number of benzene rings is 1. The van der Waals surface area contributed by atoms with Crippen LogP contribution in [0.25, 0.3) is 0 Å². The number of ketones is 1. The van der Waals surface area contributed by atoms with Crippen molar-refractivity contribution in [3.63, 3.8) is 0 Å². The Morgan fingerprint density at radius 2 is 0.732 bits per heavy atom. The summed E-state index contributed by atoms with van der Waals surface area (Å²) >= 11 is 0. The van der Waals surface area contributed by atoms with Crippen LogP contribution >= 0.6 is 0 Å². The van der Waals surface area contributed by atoms with E-state index in [0.29, 0.717) is 118 Å². The number of rotatable bonds is 31. The molecule has 0 aromatic heterocycles. The average molecular weight is 591 g/mol. The molecule has 0 aliphatic heterocycles. The van der Waals surface area contributed by atoms with Crippen molar-refractivity contribution < 1.29 is 62.1 Å². The Kier molecular flexibility index (Phi) is 26.6. The summed E-state index contributed by atoms with van der Waals surface area (Å²) in [7, 11) is 0. The van der Waals surface area contributed by atoms with Gasteiger partial charge in [0, 0.05) is 5.56 Å². The molecular formula is C28H46O13. The predicted octanol–water partition coefficient (Wildman–Crippen LogP) is 0.554. The Bertz CT molecular complexity index is 720. The number of hydrogen-bond donors (Lipinski definition) is 1. The van der Waals surface area contributed by atoms with Gasteiger partial charge in [-0.3, -0.25) is 4.79 Å². The van der Waals surface area contributed by atoms with Crippen molar-refractivity contribution in [1.29, 1.82) is 0 Å². The van der Waals surface area contributed by atoms with Gasteiger partial charge in [-0.05, 0) is 0 Å². The third kappa shape index (κ3) is 24.3.